The van der Waals surface area contributed by atoms with Crippen molar-refractivity contribution in [2.75, 3.05) is 19.6 Å². The summed E-state index contributed by atoms with van der Waals surface area (Å²) in [6.45, 7) is 3.57. The number of carbonyl (C=O) groups is 1. The molecular weight excluding hydrogens is 390 g/mol. The average Bonchev–Trinajstić information content (AvgIpc) is 3.40. The van der Waals surface area contributed by atoms with Gasteiger partial charge in [0.2, 0.25) is 0 Å². The van der Waals surface area contributed by atoms with E-state index in [2.05, 4.69) is 44.6 Å². The molecule has 2 saturated heterocycles. The Labute approximate surface area is 182 Å². The summed E-state index contributed by atoms with van der Waals surface area (Å²) in [4.78, 5) is 19.3. The van der Waals surface area contributed by atoms with Crippen LogP contribution in [0.4, 0.5) is 0 Å². The number of nitrogens with one attached hydrogen (secondary N) is 1. The van der Waals surface area contributed by atoms with E-state index in [1.54, 1.807) is 24.0 Å². The Kier molecular flexibility index (Phi) is 5.46. The summed E-state index contributed by atoms with van der Waals surface area (Å²) in [5, 5.41) is 8.31. The van der Waals surface area contributed by atoms with Gasteiger partial charge in [0.25, 0.3) is 5.91 Å². The minimum Gasteiger partial charge on any atom is -0.370 e. The second kappa shape index (κ2) is 8.40. The first-order chi connectivity index (χ1) is 15.1. The molecule has 0 bridgehead atoms. The zero-order chi connectivity index (χ0) is 21.3. The fourth-order valence-electron chi connectivity index (χ4n) is 4.97. The molecule has 162 valence electrons. The van der Waals surface area contributed by atoms with Gasteiger partial charge in [-0.25, -0.2) is 0 Å². The Morgan fingerprint density at radius 1 is 1.16 bits per heavy atom. The van der Waals surface area contributed by atoms with E-state index >= 15 is 0 Å². The molecule has 0 radical (unpaired) electrons. The summed E-state index contributed by atoms with van der Waals surface area (Å²) in [6, 6.07) is 12.3. The number of aryl methyl sites for hydroxylation is 1. The highest BCUT2D eigenvalue weighted by molar-refractivity contribution is 5.92. The van der Waals surface area contributed by atoms with Crippen LogP contribution < -0.4 is 5.32 Å². The molecule has 1 amide bonds. The standard InChI is InChI=1S/C24H29N5O2/c1-28-22(8-13-27-28)23(30)26-16-19-7-9-24(31-19)10-14-29(15-11-24)17-18-4-2-6-21-20(18)5-3-12-25-21/h2-6,8,12-13,19H,7,9-11,14-17H2,1H3,(H,26,30). The summed E-state index contributed by atoms with van der Waals surface area (Å²) in [7, 11) is 1.78. The molecule has 1 spiro atoms. The number of rotatable bonds is 5. The van der Waals surface area contributed by atoms with Crippen molar-refractivity contribution >= 4 is 16.8 Å². The lowest BCUT2D eigenvalue weighted by Crippen LogP contribution is -2.45. The first-order valence-electron chi connectivity index (χ1n) is 11.1. The molecule has 2 aliphatic heterocycles. The number of amides is 1. The molecule has 2 aromatic heterocycles. The van der Waals surface area contributed by atoms with Crippen molar-refractivity contribution < 1.29 is 9.53 Å². The minimum atomic E-state index is -0.0936. The molecule has 7 heteroatoms. The lowest BCUT2D eigenvalue weighted by atomic mass is 9.88. The largest absolute Gasteiger partial charge is 0.370 e. The van der Waals surface area contributed by atoms with Gasteiger partial charge < -0.3 is 10.1 Å². The lowest BCUT2D eigenvalue weighted by molar-refractivity contribution is -0.0764. The number of nitrogens with zero attached hydrogens (tertiary/aromatic N) is 4. The van der Waals surface area contributed by atoms with Crippen molar-refractivity contribution in [3.8, 4) is 0 Å². The zero-order valence-electron chi connectivity index (χ0n) is 18.0. The molecule has 3 aromatic rings. The number of fused-ring (bicyclic) bond motifs is 1. The van der Waals surface area contributed by atoms with Crippen LogP contribution >= 0.6 is 0 Å². The van der Waals surface area contributed by atoms with Crippen LogP contribution in [0.2, 0.25) is 0 Å². The molecular formula is C24H29N5O2. The Hall–Kier alpha value is -2.77. The topological polar surface area (TPSA) is 72.3 Å². The van der Waals surface area contributed by atoms with Gasteiger partial charge in [-0.05, 0) is 49.4 Å². The van der Waals surface area contributed by atoms with Crippen LogP contribution in [0.25, 0.3) is 10.9 Å². The van der Waals surface area contributed by atoms with Crippen molar-refractivity contribution in [1.82, 2.24) is 25.0 Å². The molecule has 1 atom stereocenters. The fourth-order valence-corrected chi connectivity index (χ4v) is 4.97. The first kappa shape index (κ1) is 20.2. The maximum atomic E-state index is 12.3. The Balaban J connectivity index is 1.13. The van der Waals surface area contributed by atoms with Gasteiger partial charge in [0, 0.05) is 51.0 Å². The van der Waals surface area contributed by atoms with Crippen LogP contribution in [0.3, 0.4) is 0 Å². The summed E-state index contributed by atoms with van der Waals surface area (Å²) in [6.07, 6.45) is 7.74. The summed E-state index contributed by atoms with van der Waals surface area (Å²) in [5.74, 6) is -0.0936. The van der Waals surface area contributed by atoms with Gasteiger partial charge in [0.1, 0.15) is 5.69 Å². The third kappa shape index (κ3) is 4.20. The van der Waals surface area contributed by atoms with Crippen molar-refractivity contribution in [3.05, 3.63) is 60.0 Å². The monoisotopic (exact) mass is 419 g/mol. The van der Waals surface area contributed by atoms with E-state index in [-0.39, 0.29) is 17.6 Å². The minimum absolute atomic E-state index is 0.0290. The molecule has 7 nitrogen and oxygen atoms in total. The van der Waals surface area contributed by atoms with Gasteiger partial charge in [-0.2, -0.15) is 5.10 Å². The summed E-state index contributed by atoms with van der Waals surface area (Å²) >= 11 is 0. The molecule has 0 saturated carbocycles. The van der Waals surface area contributed by atoms with Crippen molar-refractivity contribution in [1.29, 1.82) is 0 Å². The number of pyridine rings is 1. The molecule has 2 aliphatic rings. The number of benzene rings is 1. The van der Waals surface area contributed by atoms with Gasteiger partial charge in [0.05, 0.1) is 17.2 Å². The average molecular weight is 420 g/mol. The molecule has 1 unspecified atom stereocenters. The van der Waals surface area contributed by atoms with Gasteiger partial charge in [-0.3, -0.25) is 19.4 Å². The van der Waals surface area contributed by atoms with E-state index in [9.17, 15) is 4.79 Å². The number of likely N-dealkylation sites (tertiary alicyclic amines) is 1. The Bertz CT molecular complexity index is 1070. The van der Waals surface area contributed by atoms with Gasteiger partial charge in [0.15, 0.2) is 0 Å². The zero-order valence-corrected chi connectivity index (χ0v) is 18.0. The van der Waals surface area contributed by atoms with Gasteiger partial charge in [-0.1, -0.05) is 18.2 Å². The quantitative estimate of drug-likeness (QED) is 0.689. The molecule has 5 rings (SSSR count). The third-order valence-corrected chi connectivity index (χ3v) is 6.78. The normalized spacial score (nSPS) is 21.0. The Morgan fingerprint density at radius 2 is 2.03 bits per heavy atom. The first-order valence-corrected chi connectivity index (χ1v) is 11.1. The number of aromatic nitrogens is 3. The van der Waals surface area contributed by atoms with E-state index < -0.39 is 0 Å². The highest BCUT2D eigenvalue weighted by atomic mass is 16.5. The van der Waals surface area contributed by atoms with Crippen LogP contribution in [0.15, 0.2) is 48.8 Å². The number of piperidine rings is 1. The van der Waals surface area contributed by atoms with Crippen LogP contribution in [-0.2, 0) is 18.3 Å². The molecule has 2 fully saturated rings. The van der Waals surface area contributed by atoms with Crippen molar-refractivity contribution in [2.45, 2.75) is 43.9 Å². The summed E-state index contributed by atoms with van der Waals surface area (Å²) < 4.78 is 8.07. The van der Waals surface area contributed by atoms with Crippen molar-refractivity contribution in [2.24, 2.45) is 7.05 Å². The fraction of sp³-hybridized carbons (Fsp3) is 0.458. The number of ether oxygens (including phenoxy) is 1. The van der Waals surface area contributed by atoms with E-state index in [1.807, 2.05) is 12.3 Å². The van der Waals surface area contributed by atoms with Gasteiger partial charge >= 0.3 is 0 Å². The van der Waals surface area contributed by atoms with E-state index in [0.29, 0.717) is 12.2 Å². The highest BCUT2D eigenvalue weighted by Crippen LogP contribution is 2.39. The van der Waals surface area contributed by atoms with Crippen LogP contribution in [-0.4, -0.2) is 56.9 Å². The molecule has 31 heavy (non-hydrogen) atoms. The molecule has 1 aromatic carbocycles. The number of hydrogen-bond acceptors (Lipinski definition) is 5. The van der Waals surface area contributed by atoms with E-state index in [4.69, 9.17) is 4.74 Å². The Morgan fingerprint density at radius 3 is 2.84 bits per heavy atom. The summed E-state index contributed by atoms with van der Waals surface area (Å²) in [5.41, 5.74) is 2.94. The predicted octanol–water partition coefficient (Wildman–Crippen LogP) is 2.91. The second-order valence-corrected chi connectivity index (χ2v) is 8.78. The molecule has 4 heterocycles. The van der Waals surface area contributed by atoms with Crippen molar-refractivity contribution in [3.63, 3.8) is 0 Å². The maximum Gasteiger partial charge on any atom is 0.269 e. The van der Waals surface area contributed by atoms with Crippen LogP contribution in [0, 0.1) is 0 Å². The number of hydrogen-bond donors (Lipinski definition) is 1. The van der Waals surface area contributed by atoms with Gasteiger partial charge in [-0.15, -0.1) is 0 Å². The SMILES string of the molecule is Cn1nccc1C(=O)NCC1CCC2(CCN(Cc3cccc4ncccc34)CC2)O1. The second-order valence-electron chi connectivity index (χ2n) is 8.78. The molecule has 1 N–H and O–H groups in total. The van der Waals surface area contributed by atoms with E-state index in [0.717, 1.165) is 50.8 Å². The molecule has 0 aliphatic carbocycles. The third-order valence-electron chi connectivity index (χ3n) is 6.78. The smallest absolute Gasteiger partial charge is 0.269 e. The van der Waals surface area contributed by atoms with E-state index in [1.165, 1.54) is 10.9 Å². The van der Waals surface area contributed by atoms with Crippen LogP contribution in [0.1, 0.15) is 41.7 Å². The lowest BCUT2D eigenvalue weighted by Gasteiger charge is -2.39. The maximum absolute atomic E-state index is 12.3. The van der Waals surface area contributed by atoms with Crippen LogP contribution in [0.5, 0.6) is 0 Å². The predicted molar refractivity (Wildman–Crippen MR) is 119 cm³/mol. The highest BCUT2D eigenvalue weighted by Gasteiger charge is 2.42. The number of carbonyl (C=O) groups excluding carboxylic acids is 1.